The van der Waals surface area contributed by atoms with E-state index in [4.69, 9.17) is 75.8 Å². The molecule has 40 atom stereocenters. The van der Waals surface area contributed by atoms with Gasteiger partial charge in [-0.1, -0.05) is 0 Å². The van der Waals surface area contributed by atoms with Crippen molar-refractivity contribution in [1.29, 1.82) is 0 Å². The third-order valence-corrected chi connectivity index (χ3v) is 16.5. The summed E-state index contributed by atoms with van der Waals surface area (Å²) >= 11 is 0. The molecule has 0 aromatic rings. The average Bonchev–Trinajstić information content (AvgIpc) is 3.41. The molecule has 30 heterocycles. The summed E-state index contributed by atoms with van der Waals surface area (Å²) in [5, 5.41) is 181. The zero-order valence-corrected chi connectivity index (χ0v) is 44.8. The van der Waals surface area contributed by atoms with E-state index in [1.165, 1.54) is 55.4 Å². The fourth-order valence-corrected chi connectivity index (χ4v) is 11.7. The van der Waals surface area contributed by atoms with Gasteiger partial charge >= 0.3 is 0 Å². The number of hydrogen-bond acceptors (Lipinski definition) is 32. The number of aliphatic hydroxyl groups excluding tert-OH is 16. The molecule has 0 saturated carbocycles. The van der Waals surface area contributed by atoms with Crippen LogP contribution in [-0.4, -0.2) is 327 Å². The first-order chi connectivity index (χ1) is 37.6. The minimum Gasteiger partial charge on any atom is -0.387 e. The third-order valence-electron chi connectivity index (χ3n) is 16.5. The summed E-state index contributed by atoms with van der Waals surface area (Å²) in [5.74, 6) is 0. The number of hydrogen-bond donors (Lipinski definition) is 16. The van der Waals surface area contributed by atoms with Crippen molar-refractivity contribution in [2.24, 2.45) is 0 Å². The molecule has 30 aliphatic rings. The van der Waals surface area contributed by atoms with Crippen LogP contribution < -0.4 is 0 Å². The molecule has 0 radical (unpaired) electrons. The maximum absolute atomic E-state index is 11.3. The van der Waals surface area contributed by atoms with Crippen molar-refractivity contribution in [2.45, 2.75) is 301 Å². The molecule has 16 N–H and O–H groups in total. The molecule has 0 aliphatic carbocycles. The van der Waals surface area contributed by atoms with E-state index in [-0.39, 0.29) is 0 Å². The monoisotopic (exact) mass is 1170 g/mol. The zero-order valence-electron chi connectivity index (χ0n) is 44.8. The molecule has 30 saturated heterocycles. The topological polar surface area (TPSA) is 471 Å². The van der Waals surface area contributed by atoms with Crippen LogP contribution in [0.15, 0.2) is 0 Å². The third kappa shape index (κ3) is 12.1. The fraction of sp³-hybridized carbons (Fsp3) is 1.00. The van der Waals surface area contributed by atoms with E-state index in [1.54, 1.807) is 0 Å². The lowest BCUT2D eigenvalue weighted by atomic mass is 9.95. The van der Waals surface area contributed by atoms with Gasteiger partial charge in [-0.3, -0.25) is 0 Å². The summed E-state index contributed by atoms with van der Waals surface area (Å²) in [6.45, 7) is 11.3. The molecule has 80 heavy (non-hydrogen) atoms. The number of rotatable bonds is 0. The van der Waals surface area contributed by atoms with Gasteiger partial charge < -0.3 is 157 Å². The van der Waals surface area contributed by atoms with Crippen molar-refractivity contribution in [3.63, 3.8) is 0 Å². The molecule has 16 bridgehead atoms. The van der Waals surface area contributed by atoms with Crippen molar-refractivity contribution in [3.8, 4) is 0 Å². The summed E-state index contributed by atoms with van der Waals surface area (Å²) in [6, 6.07) is 0. The molecular formula is C48H80O32. The summed E-state index contributed by atoms with van der Waals surface area (Å²) in [4.78, 5) is 0. The summed E-state index contributed by atoms with van der Waals surface area (Å²) < 4.78 is 94.1. The van der Waals surface area contributed by atoms with Crippen LogP contribution in [0.5, 0.6) is 0 Å². The van der Waals surface area contributed by atoms with E-state index in [0.29, 0.717) is 0 Å². The Kier molecular flexibility index (Phi) is 19.9. The van der Waals surface area contributed by atoms with Crippen molar-refractivity contribution in [1.82, 2.24) is 0 Å². The van der Waals surface area contributed by atoms with Crippen molar-refractivity contribution in [2.75, 3.05) is 0 Å². The molecule has 30 rings (SSSR count). The predicted octanol–water partition coefficient (Wildman–Crippen LogP) is -9.19. The van der Waals surface area contributed by atoms with Crippen LogP contribution in [0, 0.1) is 0 Å². The molecule has 30 aliphatic heterocycles. The Morgan fingerprint density at radius 2 is 0.225 bits per heavy atom. The van der Waals surface area contributed by atoms with Crippen LogP contribution in [0.2, 0.25) is 0 Å². The second-order valence-electron chi connectivity index (χ2n) is 22.3. The van der Waals surface area contributed by atoms with Gasteiger partial charge in [0.15, 0.2) is 50.3 Å². The highest BCUT2D eigenvalue weighted by atomic mass is 16.8. The molecule has 30 fully saturated rings. The van der Waals surface area contributed by atoms with Gasteiger partial charge in [0, 0.05) is 0 Å². The van der Waals surface area contributed by atoms with Crippen LogP contribution in [0.25, 0.3) is 0 Å². The van der Waals surface area contributed by atoms with Gasteiger partial charge in [-0.2, -0.15) is 0 Å². The van der Waals surface area contributed by atoms with E-state index in [2.05, 4.69) is 0 Å². The lowest BCUT2D eigenvalue weighted by molar-refractivity contribution is -0.397. The first-order valence-electron chi connectivity index (χ1n) is 27.0. The second kappa shape index (κ2) is 25.2. The Hall–Kier alpha value is -1.28. The highest BCUT2D eigenvalue weighted by Crippen LogP contribution is 2.39. The lowest BCUT2D eigenvalue weighted by Gasteiger charge is -2.50. The second-order valence-corrected chi connectivity index (χ2v) is 22.3. The molecule has 40 unspecified atom stereocenters. The van der Waals surface area contributed by atoms with Crippen molar-refractivity contribution in [3.05, 3.63) is 0 Å². The smallest absolute Gasteiger partial charge is 0.187 e. The fourth-order valence-electron chi connectivity index (χ4n) is 11.7. The Balaban J connectivity index is 0.924. The molecule has 0 aromatic carbocycles. The van der Waals surface area contributed by atoms with Crippen LogP contribution in [0.4, 0.5) is 0 Å². The maximum atomic E-state index is 11.3. The van der Waals surface area contributed by atoms with Gasteiger partial charge in [0.1, 0.15) is 146 Å². The Morgan fingerprint density at radius 3 is 0.312 bits per heavy atom. The van der Waals surface area contributed by atoms with Crippen LogP contribution >= 0.6 is 0 Å². The van der Waals surface area contributed by atoms with Gasteiger partial charge in [0.25, 0.3) is 0 Å². The molecule has 464 valence electrons. The SMILES string of the molecule is CC1OC2OC3C(C)OC(OC4C(C)OC(OC5C(C)OC(OC6C(C)OC(OC7C(C)OC(OC8C(C)OC(OC9C(C)OC(OC1C(O)C2O)C(O)C9O)C(O)C8O)C(O)C7O)C(O)C6O)C(O)C5O)C(O)C4O)C(O)C3O. The van der Waals surface area contributed by atoms with E-state index in [9.17, 15) is 81.7 Å². The summed E-state index contributed by atoms with van der Waals surface area (Å²) in [7, 11) is 0. The Bertz CT molecular complexity index is 1600. The number of ether oxygens (including phenoxy) is 16. The Labute approximate surface area is 457 Å². The van der Waals surface area contributed by atoms with Gasteiger partial charge in [-0.05, 0) is 55.4 Å². The van der Waals surface area contributed by atoms with Gasteiger partial charge in [-0.15, -0.1) is 0 Å². The maximum Gasteiger partial charge on any atom is 0.187 e. The standard InChI is InChI=1S/C48H80O32/c1-9-33-17(49)25(57)41(65-9)74-34-10(2)67-43(27(59)19(34)51)76-36-12(4)69-45(29(61)21(36)53)78-38-14(6)71-47(31(63)23(38)55)80-40-16(8)72-48(32(64)24(40)56)79-39-15(7)70-46(30(62)22(39)54)77-37-13(5)68-44(28(60)20(37)52)75-35-11(3)66-42(73-33)26(58)18(35)50/h9-64H,1-8H3. The average molecular weight is 1170 g/mol. The summed E-state index contributed by atoms with van der Waals surface area (Å²) in [6.07, 6.45) is -64.9. The first-order valence-corrected chi connectivity index (χ1v) is 27.0. The highest BCUT2D eigenvalue weighted by Gasteiger charge is 2.58. The molecule has 0 aromatic heterocycles. The highest BCUT2D eigenvalue weighted by molar-refractivity contribution is 5.00. The lowest BCUT2D eigenvalue weighted by Crippen LogP contribution is -2.67. The van der Waals surface area contributed by atoms with Gasteiger partial charge in [0.05, 0.1) is 48.8 Å². The van der Waals surface area contributed by atoms with Crippen molar-refractivity contribution < 1.29 is 157 Å². The van der Waals surface area contributed by atoms with Crippen LogP contribution in [0.3, 0.4) is 0 Å². The minimum atomic E-state index is -1.92. The van der Waals surface area contributed by atoms with Crippen LogP contribution in [-0.2, 0) is 75.8 Å². The van der Waals surface area contributed by atoms with Crippen molar-refractivity contribution >= 4 is 0 Å². The molecule has 32 nitrogen and oxygen atoms in total. The first kappa shape index (κ1) is 63.2. The summed E-state index contributed by atoms with van der Waals surface area (Å²) in [5.41, 5.74) is 0. The van der Waals surface area contributed by atoms with E-state index in [1.807, 2.05) is 0 Å². The normalized spacial score (nSPS) is 59.7. The van der Waals surface area contributed by atoms with Gasteiger partial charge in [-0.25, -0.2) is 0 Å². The van der Waals surface area contributed by atoms with E-state index >= 15 is 0 Å². The quantitative estimate of drug-likeness (QED) is 0.107. The molecular weight excluding hydrogens is 1090 g/mol. The zero-order chi connectivity index (χ0) is 58.4. The minimum absolute atomic E-state index is 1.17. The van der Waals surface area contributed by atoms with Crippen LogP contribution in [0.1, 0.15) is 55.4 Å². The Morgan fingerprint density at radius 1 is 0.138 bits per heavy atom. The van der Waals surface area contributed by atoms with E-state index in [0.717, 1.165) is 0 Å². The molecule has 0 amide bonds. The largest absolute Gasteiger partial charge is 0.387 e. The number of aliphatic hydroxyl groups is 16. The van der Waals surface area contributed by atoms with E-state index < -0.39 is 246 Å². The molecule has 0 spiro atoms. The van der Waals surface area contributed by atoms with Gasteiger partial charge in [0.2, 0.25) is 0 Å². The predicted molar refractivity (Wildman–Crippen MR) is 250 cm³/mol. The molecule has 32 heteroatoms.